The molecule has 0 atom stereocenters. The van der Waals surface area contributed by atoms with Crippen LogP contribution in [0.4, 0.5) is 0 Å². The van der Waals surface area contributed by atoms with Gasteiger partial charge in [0.1, 0.15) is 12.4 Å². The minimum Gasteiger partial charge on any atom is -0.385 e. The Bertz CT molecular complexity index is 1090. The third-order valence-corrected chi connectivity index (χ3v) is 4.93. The van der Waals surface area contributed by atoms with Gasteiger partial charge in [0.05, 0.1) is 22.7 Å². The number of benzene rings is 1. The largest absolute Gasteiger partial charge is 0.385 e. The van der Waals surface area contributed by atoms with E-state index in [1.165, 1.54) is 20.9 Å². The van der Waals surface area contributed by atoms with Crippen molar-refractivity contribution in [1.29, 1.82) is 5.26 Å². The molecule has 0 saturated heterocycles. The lowest BCUT2D eigenvalue weighted by atomic mass is 10.2. The summed E-state index contributed by atoms with van der Waals surface area (Å²) in [5.74, 6) is 0.764. The first-order valence-electron chi connectivity index (χ1n) is 8.28. The van der Waals surface area contributed by atoms with Crippen LogP contribution in [0.25, 0.3) is 10.9 Å². The van der Waals surface area contributed by atoms with Crippen molar-refractivity contribution in [2.45, 2.75) is 30.4 Å². The van der Waals surface area contributed by atoms with Crippen molar-refractivity contribution in [2.75, 3.05) is 13.7 Å². The summed E-state index contributed by atoms with van der Waals surface area (Å²) in [6, 6.07) is 9.02. The van der Waals surface area contributed by atoms with Gasteiger partial charge in [-0.2, -0.15) is 5.26 Å². The molecule has 0 radical (unpaired) electrons. The van der Waals surface area contributed by atoms with Crippen LogP contribution < -0.4 is 11.2 Å². The highest BCUT2D eigenvalue weighted by molar-refractivity contribution is 7.98. The maximum Gasteiger partial charge on any atom is 0.343 e. The van der Waals surface area contributed by atoms with Crippen molar-refractivity contribution in [2.24, 2.45) is 0 Å². The molecule has 0 unspecified atom stereocenters. The fourth-order valence-corrected chi connectivity index (χ4v) is 3.58. The fraction of sp³-hybridized carbons (Fsp3) is 0.353. The van der Waals surface area contributed by atoms with E-state index in [2.05, 4.69) is 15.2 Å². The van der Waals surface area contributed by atoms with Crippen LogP contribution in [0.5, 0.6) is 0 Å². The first kappa shape index (κ1) is 18.9. The Labute approximate surface area is 158 Å². The molecule has 1 N–H and O–H groups in total. The molecule has 0 saturated carbocycles. The Hall–Kier alpha value is -2.90. The molecule has 0 spiro atoms. The number of nitriles is 1. The van der Waals surface area contributed by atoms with Crippen LogP contribution in [0.1, 0.15) is 12.2 Å². The van der Waals surface area contributed by atoms with E-state index >= 15 is 0 Å². The highest BCUT2D eigenvalue weighted by Crippen LogP contribution is 2.19. The summed E-state index contributed by atoms with van der Waals surface area (Å²) in [7, 11) is 1.60. The second-order valence-electron chi connectivity index (χ2n) is 5.69. The van der Waals surface area contributed by atoms with Gasteiger partial charge in [0.15, 0.2) is 5.16 Å². The molecule has 2 aromatic heterocycles. The third kappa shape index (κ3) is 4.10. The summed E-state index contributed by atoms with van der Waals surface area (Å²) in [6.45, 7) is 0.922. The van der Waals surface area contributed by atoms with E-state index in [0.717, 1.165) is 0 Å². The molecular weight excluding hydrogens is 368 g/mol. The van der Waals surface area contributed by atoms with Crippen LogP contribution in [0.15, 0.2) is 39.0 Å². The number of rotatable bonds is 8. The van der Waals surface area contributed by atoms with Crippen molar-refractivity contribution < 1.29 is 4.74 Å². The van der Waals surface area contributed by atoms with E-state index in [-0.39, 0.29) is 17.8 Å². The van der Waals surface area contributed by atoms with E-state index in [1.54, 1.807) is 25.3 Å². The molecule has 9 nitrogen and oxygen atoms in total. The number of hydrogen-bond acceptors (Lipinski definition) is 7. The molecule has 10 heteroatoms. The lowest BCUT2D eigenvalue weighted by Crippen LogP contribution is -2.25. The van der Waals surface area contributed by atoms with Gasteiger partial charge >= 0.3 is 5.69 Å². The van der Waals surface area contributed by atoms with Crippen molar-refractivity contribution in [1.82, 2.24) is 24.3 Å². The molecule has 0 amide bonds. The summed E-state index contributed by atoms with van der Waals surface area (Å²) in [6.07, 6.45) is 0.677. The summed E-state index contributed by atoms with van der Waals surface area (Å²) >= 11 is 1.28. The predicted octanol–water partition coefficient (Wildman–Crippen LogP) is 1.13. The van der Waals surface area contributed by atoms with Gasteiger partial charge in [-0.05, 0) is 18.6 Å². The van der Waals surface area contributed by atoms with Gasteiger partial charge in [0.25, 0.3) is 5.56 Å². The first-order valence-corrected chi connectivity index (χ1v) is 9.26. The van der Waals surface area contributed by atoms with Crippen LogP contribution in [-0.2, 0) is 23.6 Å². The Morgan fingerprint density at radius 1 is 1.30 bits per heavy atom. The molecule has 1 aromatic carbocycles. The van der Waals surface area contributed by atoms with Crippen LogP contribution in [-0.4, -0.2) is 38.0 Å². The van der Waals surface area contributed by atoms with Crippen molar-refractivity contribution >= 4 is 22.7 Å². The topological polar surface area (TPSA) is 119 Å². The van der Waals surface area contributed by atoms with Crippen LogP contribution in [0.3, 0.4) is 0 Å². The molecule has 140 valence electrons. The third-order valence-electron chi connectivity index (χ3n) is 3.95. The number of aromatic amines is 1. The van der Waals surface area contributed by atoms with Crippen LogP contribution >= 0.6 is 11.8 Å². The molecule has 2 heterocycles. The number of nitrogens with one attached hydrogen (secondary N) is 1. The number of ether oxygens (including phenoxy) is 1. The molecule has 3 aromatic rings. The first-order chi connectivity index (χ1) is 13.2. The quantitative estimate of drug-likeness (QED) is 0.455. The lowest BCUT2D eigenvalue weighted by Gasteiger charge is -2.10. The van der Waals surface area contributed by atoms with Gasteiger partial charge in [-0.15, -0.1) is 5.10 Å². The average molecular weight is 386 g/mol. The fourth-order valence-electron chi connectivity index (χ4n) is 2.66. The van der Waals surface area contributed by atoms with Crippen LogP contribution in [0, 0.1) is 11.3 Å². The number of H-pyrrole nitrogens is 1. The van der Waals surface area contributed by atoms with Gasteiger partial charge in [-0.25, -0.2) is 14.9 Å². The smallest absolute Gasteiger partial charge is 0.343 e. The Balaban J connectivity index is 1.89. The van der Waals surface area contributed by atoms with Gasteiger partial charge in [0.2, 0.25) is 0 Å². The zero-order valence-electron chi connectivity index (χ0n) is 14.7. The molecule has 0 fully saturated rings. The predicted molar refractivity (Wildman–Crippen MR) is 101 cm³/mol. The molecule has 0 bridgehead atoms. The SMILES string of the molecule is COCCCn1c(SCc2nc3ccccc3c(=O)n2CC#N)n[nH]c1=O. The highest BCUT2D eigenvalue weighted by atomic mass is 32.2. The highest BCUT2D eigenvalue weighted by Gasteiger charge is 2.14. The van der Waals surface area contributed by atoms with Crippen molar-refractivity contribution in [3.8, 4) is 6.07 Å². The molecular formula is C17H18N6O3S. The van der Waals surface area contributed by atoms with Crippen molar-refractivity contribution in [3.63, 3.8) is 0 Å². The number of hydrogen-bond donors (Lipinski definition) is 1. The Morgan fingerprint density at radius 2 is 2.11 bits per heavy atom. The monoisotopic (exact) mass is 386 g/mol. The molecule has 0 aliphatic heterocycles. The second-order valence-corrected chi connectivity index (χ2v) is 6.64. The summed E-state index contributed by atoms with van der Waals surface area (Å²) < 4.78 is 7.90. The molecule has 3 rings (SSSR count). The molecule has 0 aliphatic rings. The van der Waals surface area contributed by atoms with E-state index in [9.17, 15) is 9.59 Å². The minimum absolute atomic E-state index is 0.0895. The lowest BCUT2D eigenvalue weighted by molar-refractivity contribution is 0.189. The maximum atomic E-state index is 12.7. The average Bonchev–Trinajstić information content (AvgIpc) is 3.03. The summed E-state index contributed by atoms with van der Waals surface area (Å²) in [5, 5.41) is 16.5. The van der Waals surface area contributed by atoms with Crippen LogP contribution in [0.2, 0.25) is 0 Å². The number of methoxy groups -OCH3 is 1. The Morgan fingerprint density at radius 3 is 2.89 bits per heavy atom. The van der Waals surface area contributed by atoms with E-state index in [0.29, 0.717) is 47.2 Å². The number of para-hydroxylation sites is 1. The second kappa shape index (κ2) is 8.66. The number of aromatic nitrogens is 5. The number of nitrogens with zero attached hydrogens (tertiary/aromatic N) is 5. The summed E-state index contributed by atoms with van der Waals surface area (Å²) in [5.41, 5.74) is 0.0264. The Kier molecular flexibility index (Phi) is 6.05. The maximum absolute atomic E-state index is 12.7. The zero-order valence-corrected chi connectivity index (χ0v) is 15.5. The normalized spacial score (nSPS) is 11.0. The van der Waals surface area contributed by atoms with Gasteiger partial charge in [0, 0.05) is 20.3 Å². The minimum atomic E-state index is -0.297. The number of thioether (sulfide) groups is 1. The molecule has 0 aliphatic carbocycles. The van der Waals surface area contributed by atoms with Gasteiger partial charge in [-0.3, -0.25) is 13.9 Å². The van der Waals surface area contributed by atoms with Crippen molar-refractivity contribution in [3.05, 3.63) is 50.9 Å². The van der Waals surface area contributed by atoms with E-state index in [1.807, 2.05) is 12.1 Å². The zero-order chi connectivity index (χ0) is 19.2. The summed E-state index contributed by atoms with van der Waals surface area (Å²) in [4.78, 5) is 29.1. The van der Waals surface area contributed by atoms with E-state index < -0.39 is 0 Å². The van der Waals surface area contributed by atoms with Gasteiger partial charge in [-0.1, -0.05) is 23.9 Å². The standard InChI is InChI=1S/C17H18N6O3S/c1-26-10-4-8-23-16(25)20-21-17(23)27-11-14-19-13-6-3-2-5-12(13)15(24)22(14)9-7-18/h2-3,5-6H,4,8-11H2,1H3,(H,20,25). The van der Waals surface area contributed by atoms with Gasteiger partial charge < -0.3 is 4.74 Å². The number of fused-ring (bicyclic) bond motifs is 1. The molecule has 27 heavy (non-hydrogen) atoms. The van der Waals surface area contributed by atoms with E-state index in [4.69, 9.17) is 10.00 Å².